The van der Waals surface area contributed by atoms with E-state index in [1.165, 1.54) is 12.0 Å². The smallest absolute Gasteiger partial charge is 0.0911 e. The quantitative estimate of drug-likeness (QED) is 0.655. The number of terminal acetylenes is 1. The van der Waals surface area contributed by atoms with Gasteiger partial charge in [-0.25, -0.2) is 0 Å². The first-order chi connectivity index (χ1) is 6.14. The van der Waals surface area contributed by atoms with Crippen LogP contribution in [0.3, 0.4) is 0 Å². The maximum absolute atomic E-state index is 9.72. The highest BCUT2D eigenvalue weighted by molar-refractivity contribution is 5.24. The molecule has 1 nitrogen and oxygen atoms in total. The lowest BCUT2D eigenvalue weighted by Crippen LogP contribution is -2.19. The number of hydrogen-bond donors (Lipinski definition) is 1. The third-order valence-electron chi connectivity index (χ3n) is 2.19. The van der Waals surface area contributed by atoms with Crippen LogP contribution in [0, 0.1) is 12.3 Å². The minimum absolute atomic E-state index is 0.372. The van der Waals surface area contributed by atoms with E-state index < -0.39 is 5.60 Å². The Balaban J connectivity index is 2.51. The van der Waals surface area contributed by atoms with Gasteiger partial charge in [0.15, 0.2) is 0 Å². The highest BCUT2D eigenvalue weighted by Gasteiger charge is 2.14. The molecule has 1 aliphatic carbocycles. The molecule has 70 valence electrons. The van der Waals surface area contributed by atoms with Gasteiger partial charge in [-0.3, -0.25) is 0 Å². The Kier molecular flexibility index (Phi) is 3.33. The highest BCUT2D eigenvalue weighted by atomic mass is 16.3. The Morgan fingerprint density at radius 2 is 2.54 bits per heavy atom. The van der Waals surface area contributed by atoms with Gasteiger partial charge in [-0.2, -0.15) is 0 Å². The van der Waals surface area contributed by atoms with Crippen LogP contribution in [0.4, 0.5) is 0 Å². The summed E-state index contributed by atoms with van der Waals surface area (Å²) < 4.78 is 0. The molecule has 1 aliphatic rings. The van der Waals surface area contributed by atoms with Gasteiger partial charge in [-0.05, 0) is 26.2 Å². The molecular weight excluding hydrogens is 160 g/mol. The molecular formula is C12H16O. The van der Waals surface area contributed by atoms with Crippen LogP contribution in [0.15, 0.2) is 23.8 Å². The highest BCUT2D eigenvalue weighted by Crippen LogP contribution is 2.20. The van der Waals surface area contributed by atoms with Crippen LogP contribution >= 0.6 is 0 Å². The first-order valence-electron chi connectivity index (χ1n) is 4.68. The summed E-state index contributed by atoms with van der Waals surface area (Å²) in [4.78, 5) is 0. The fourth-order valence-corrected chi connectivity index (χ4v) is 1.40. The summed E-state index contributed by atoms with van der Waals surface area (Å²) in [7, 11) is 0. The normalized spacial score (nSPS) is 21.2. The zero-order valence-corrected chi connectivity index (χ0v) is 8.09. The number of hydrogen-bond acceptors (Lipinski definition) is 1. The first kappa shape index (κ1) is 10.1. The summed E-state index contributed by atoms with van der Waals surface area (Å²) in [6.45, 7) is 1.73. The van der Waals surface area contributed by atoms with Gasteiger partial charge in [-0.1, -0.05) is 23.8 Å². The van der Waals surface area contributed by atoms with E-state index in [4.69, 9.17) is 6.42 Å². The average Bonchev–Trinajstić information content (AvgIpc) is 2.52. The van der Waals surface area contributed by atoms with Crippen molar-refractivity contribution in [3.05, 3.63) is 23.8 Å². The molecule has 0 spiro atoms. The Hall–Kier alpha value is -1.00. The van der Waals surface area contributed by atoms with Crippen LogP contribution in [0.25, 0.3) is 0 Å². The summed E-state index contributed by atoms with van der Waals surface area (Å²) in [5.74, 6) is 2.46. The van der Waals surface area contributed by atoms with Gasteiger partial charge in [-0.15, -0.1) is 12.3 Å². The summed E-state index contributed by atoms with van der Waals surface area (Å²) in [5.41, 5.74) is 0.468. The van der Waals surface area contributed by atoms with E-state index in [1.54, 1.807) is 13.0 Å². The van der Waals surface area contributed by atoms with Gasteiger partial charge in [0.25, 0.3) is 0 Å². The van der Waals surface area contributed by atoms with Crippen molar-refractivity contribution in [2.45, 2.75) is 38.2 Å². The topological polar surface area (TPSA) is 20.2 Å². The van der Waals surface area contributed by atoms with Gasteiger partial charge >= 0.3 is 0 Å². The van der Waals surface area contributed by atoms with Gasteiger partial charge in [0.05, 0.1) is 5.60 Å². The van der Waals surface area contributed by atoms with E-state index in [0.29, 0.717) is 6.42 Å². The van der Waals surface area contributed by atoms with Gasteiger partial charge < -0.3 is 5.11 Å². The van der Waals surface area contributed by atoms with Crippen LogP contribution in [-0.4, -0.2) is 10.7 Å². The minimum Gasteiger partial charge on any atom is -0.385 e. The minimum atomic E-state index is -0.849. The van der Waals surface area contributed by atoms with Crippen LogP contribution in [0.2, 0.25) is 0 Å². The van der Waals surface area contributed by atoms with Crippen LogP contribution in [0.1, 0.15) is 32.6 Å². The van der Waals surface area contributed by atoms with Gasteiger partial charge in [0.2, 0.25) is 0 Å². The molecule has 0 aromatic heterocycles. The lowest BCUT2D eigenvalue weighted by atomic mass is 10.0. The maximum atomic E-state index is 9.72. The van der Waals surface area contributed by atoms with E-state index in [1.807, 2.05) is 6.08 Å². The third-order valence-corrected chi connectivity index (χ3v) is 2.19. The summed E-state index contributed by atoms with van der Waals surface area (Å²) in [5, 5.41) is 9.72. The first-order valence-corrected chi connectivity index (χ1v) is 4.68. The molecule has 0 aromatic carbocycles. The van der Waals surface area contributed by atoms with Crippen molar-refractivity contribution >= 4 is 0 Å². The molecule has 0 heterocycles. The Morgan fingerprint density at radius 1 is 1.77 bits per heavy atom. The molecule has 1 heteroatoms. The monoisotopic (exact) mass is 176 g/mol. The fourth-order valence-electron chi connectivity index (χ4n) is 1.40. The predicted octanol–water partition coefficient (Wildman–Crippen LogP) is 2.43. The van der Waals surface area contributed by atoms with E-state index in [-0.39, 0.29) is 0 Å². The molecule has 13 heavy (non-hydrogen) atoms. The summed E-state index contributed by atoms with van der Waals surface area (Å²) in [6.07, 6.45) is 15.0. The van der Waals surface area contributed by atoms with Crippen molar-refractivity contribution in [1.29, 1.82) is 0 Å². The number of aliphatic hydroxyl groups is 1. The van der Waals surface area contributed by atoms with E-state index in [2.05, 4.69) is 12.0 Å². The summed E-state index contributed by atoms with van der Waals surface area (Å²) in [6, 6.07) is 0. The van der Waals surface area contributed by atoms with Crippen molar-refractivity contribution in [1.82, 2.24) is 0 Å². The van der Waals surface area contributed by atoms with Crippen molar-refractivity contribution in [3.63, 3.8) is 0 Å². The molecule has 1 unspecified atom stereocenters. The maximum Gasteiger partial charge on any atom is 0.0911 e. The molecule has 0 aliphatic heterocycles. The predicted molar refractivity (Wildman–Crippen MR) is 55.1 cm³/mol. The van der Waals surface area contributed by atoms with E-state index in [0.717, 1.165) is 12.8 Å². The van der Waals surface area contributed by atoms with Crippen molar-refractivity contribution < 1.29 is 5.11 Å². The average molecular weight is 176 g/mol. The third kappa shape index (κ3) is 3.48. The molecule has 0 bridgehead atoms. The zero-order valence-electron chi connectivity index (χ0n) is 8.09. The number of allylic oxidation sites excluding steroid dienone is 3. The van der Waals surface area contributed by atoms with Crippen molar-refractivity contribution in [2.75, 3.05) is 0 Å². The molecule has 0 saturated carbocycles. The Bertz CT molecular complexity index is 263. The molecule has 0 radical (unpaired) electrons. The van der Waals surface area contributed by atoms with Crippen LogP contribution in [0.5, 0.6) is 0 Å². The number of rotatable bonds is 3. The SMILES string of the molecule is C#CCC(C)(O)C=CC1=CCCC1. The van der Waals surface area contributed by atoms with Crippen LogP contribution < -0.4 is 0 Å². The molecule has 0 saturated heterocycles. The summed E-state index contributed by atoms with van der Waals surface area (Å²) >= 11 is 0. The Labute approximate surface area is 80.2 Å². The largest absolute Gasteiger partial charge is 0.385 e. The zero-order chi connectivity index (χ0) is 9.73. The lowest BCUT2D eigenvalue weighted by Gasteiger charge is -2.14. The van der Waals surface area contributed by atoms with Gasteiger partial charge in [0.1, 0.15) is 0 Å². The standard InChI is InChI=1S/C12H16O/c1-3-9-12(2,13)10-8-11-6-4-5-7-11/h1,6,8,10,13H,4-5,7,9H2,2H3. The van der Waals surface area contributed by atoms with Crippen molar-refractivity contribution in [2.24, 2.45) is 0 Å². The second kappa shape index (κ2) is 4.30. The molecule has 0 fully saturated rings. The van der Waals surface area contributed by atoms with E-state index in [9.17, 15) is 5.11 Å². The van der Waals surface area contributed by atoms with Gasteiger partial charge in [0, 0.05) is 6.42 Å². The fraction of sp³-hybridized carbons (Fsp3) is 0.500. The molecule has 1 rings (SSSR count). The molecule has 0 aromatic rings. The molecule has 1 atom stereocenters. The Morgan fingerprint density at radius 3 is 3.08 bits per heavy atom. The molecule has 1 N–H and O–H groups in total. The second-order valence-electron chi connectivity index (χ2n) is 3.74. The second-order valence-corrected chi connectivity index (χ2v) is 3.74. The molecule has 0 amide bonds. The van der Waals surface area contributed by atoms with Crippen LogP contribution in [-0.2, 0) is 0 Å². The lowest BCUT2D eigenvalue weighted by molar-refractivity contribution is 0.117. The van der Waals surface area contributed by atoms with Crippen molar-refractivity contribution in [3.8, 4) is 12.3 Å². The van der Waals surface area contributed by atoms with E-state index >= 15 is 0 Å².